The van der Waals surface area contributed by atoms with Crippen LogP contribution in [-0.2, 0) is 0 Å². The van der Waals surface area contributed by atoms with Crippen molar-refractivity contribution in [2.45, 2.75) is 6.92 Å². The third-order valence-corrected chi connectivity index (χ3v) is 3.16. The monoisotopic (exact) mass is 298 g/mol. The number of aryl methyl sites for hydroxylation is 1. The Morgan fingerprint density at radius 1 is 1.32 bits per heavy atom. The lowest BCUT2D eigenvalue weighted by molar-refractivity contribution is 0.102. The number of pyridine rings is 1. The second-order valence-electron chi connectivity index (χ2n) is 3.91. The summed E-state index contributed by atoms with van der Waals surface area (Å²) in [5.74, 6) is -1.08. The van der Waals surface area contributed by atoms with Crippen molar-refractivity contribution < 1.29 is 9.18 Å². The number of nitrogens with zero attached hydrogens (tertiary/aromatic N) is 1. The number of halogens is 3. The molecule has 0 aliphatic rings. The van der Waals surface area contributed by atoms with Gasteiger partial charge in [-0.25, -0.2) is 9.37 Å². The number of nitrogens with one attached hydrogen (secondary N) is 1. The van der Waals surface area contributed by atoms with E-state index in [-0.39, 0.29) is 10.6 Å². The van der Waals surface area contributed by atoms with Gasteiger partial charge >= 0.3 is 0 Å². The Morgan fingerprint density at radius 3 is 2.68 bits per heavy atom. The minimum absolute atomic E-state index is 0.0273. The maximum atomic E-state index is 13.3. The maximum absolute atomic E-state index is 13.3. The molecule has 2 aromatic rings. The summed E-state index contributed by atoms with van der Waals surface area (Å²) in [7, 11) is 0. The molecule has 1 aromatic heterocycles. The number of hydrogen-bond donors (Lipinski definition) is 1. The van der Waals surface area contributed by atoms with E-state index < -0.39 is 11.7 Å². The van der Waals surface area contributed by atoms with Crippen LogP contribution < -0.4 is 5.32 Å². The number of hydrogen-bond acceptors (Lipinski definition) is 2. The molecule has 0 unspecified atom stereocenters. The van der Waals surface area contributed by atoms with Gasteiger partial charge in [0.25, 0.3) is 5.91 Å². The summed E-state index contributed by atoms with van der Waals surface area (Å²) in [5.41, 5.74) is 1.40. The largest absolute Gasteiger partial charge is 0.321 e. The molecule has 0 atom stereocenters. The zero-order valence-electron chi connectivity index (χ0n) is 9.88. The fourth-order valence-electron chi connectivity index (χ4n) is 1.47. The van der Waals surface area contributed by atoms with Gasteiger partial charge in [-0.3, -0.25) is 4.79 Å². The Morgan fingerprint density at radius 2 is 2.05 bits per heavy atom. The van der Waals surface area contributed by atoms with Crippen LogP contribution in [0.1, 0.15) is 15.9 Å². The number of carbonyl (C=O) groups is 1. The molecular formula is C13H9Cl2FN2O. The first-order valence-electron chi connectivity index (χ1n) is 5.36. The summed E-state index contributed by atoms with van der Waals surface area (Å²) in [6.07, 6.45) is 1.43. The normalized spacial score (nSPS) is 10.3. The standard InChI is InChI=1S/C13H9Cl2FN2O/c1-7-4-9(6-17-12(7)15)18-13(19)8-2-3-10(14)11(16)5-8/h2-6H,1H3,(H,18,19). The summed E-state index contributed by atoms with van der Waals surface area (Å²) in [6, 6.07) is 5.53. The van der Waals surface area contributed by atoms with Crippen LogP contribution >= 0.6 is 23.2 Å². The predicted octanol–water partition coefficient (Wildman–Crippen LogP) is 4.09. The Labute approximate surface area is 119 Å². The molecule has 1 amide bonds. The predicted molar refractivity (Wildman–Crippen MR) is 73.3 cm³/mol. The second-order valence-corrected chi connectivity index (χ2v) is 4.68. The van der Waals surface area contributed by atoms with Crippen molar-refractivity contribution in [3.63, 3.8) is 0 Å². The second kappa shape index (κ2) is 5.55. The van der Waals surface area contributed by atoms with Crippen molar-refractivity contribution in [1.29, 1.82) is 0 Å². The van der Waals surface area contributed by atoms with Gasteiger partial charge in [-0.1, -0.05) is 23.2 Å². The highest BCUT2D eigenvalue weighted by Crippen LogP contribution is 2.19. The number of benzene rings is 1. The molecule has 1 N–H and O–H groups in total. The SMILES string of the molecule is Cc1cc(NC(=O)c2ccc(Cl)c(F)c2)cnc1Cl. The number of rotatable bonds is 2. The van der Waals surface area contributed by atoms with Crippen LogP contribution in [0.15, 0.2) is 30.5 Å². The van der Waals surface area contributed by atoms with E-state index >= 15 is 0 Å². The van der Waals surface area contributed by atoms with Crippen LogP contribution in [0.5, 0.6) is 0 Å². The van der Waals surface area contributed by atoms with Gasteiger partial charge in [0.2, 0.25) is 0 Å². The van der Waals surface area contributed by atoms with Crippen molar-refractivity contribution in [2.75, 3.05) is 5.32 Å². The zero-order chi connectivity index (χ0) is 14.0. The van der Waals surface area contributed by atoms with Gasteiger partial charge in [-0.2, -0.15) is 0 Å². The fourth-order valence-corrected chi connectivity index (χ4v) is 1.69. The van der Waals surface area contributed by atoms with Gasteiger partial charge < -0.3 is 5.32 Å². The highest BCUT2D eigenvalue weighted by atomic mass is 35.5. The van der Waals surface area contributed by atoms with E-state index in [4.69, 9.17) is 23.2 Å². The van der Waals surface area contributed by atoms with Crippen molar-refractivity contribution in [2.24, 2.45) is 0 Å². The number of anilines is 1. The third kappa shape index (κ3) is 3.22. The topological polar surface area (TPSA) is 42.0 Å². The summed E-state index contributed by atoms with van der Waals surface area (Å²) < 4.78 is 13.3. The molecule has 1 heterocycles. The molecule has 1 aromatic carbocycles. The Kier molecular flexibility index (Phi) is 4.02. The van der Waals surface area contributed by atoms with Gasteiger partial charge in [0.15, 0.2) is 0 Å². The minimum atomic E-state index is -0.639. The summed E-state index contributed by atoms with van der Waals surface area (Å²) in [6.45, 7) is 1.77. The summed E-state index contributed by atoms with van der Waals surface area (Å²) in [4.78, 5) is 15.8. The molecule has 0 saturated heterocycles. The van der Waals surface area contributed by atoms with Gasteiger partial charge in [0.1, 0.15) is 11.0 Å². The van der Waals surface area contributed by atoms with Crippen LogP contribution in [0.4, 0.5) is 10.1 Å². The van der Waals surface area contributed by atoms with Crippen molar-refractivity contribution in [3.8, 4) is 0 Å². The maximum Gasteiger partial charge on any atom is 0.255 e. The quantitative estimate of drug-likeness (QED) is 0.849. The van der Waals surface area contributed by atoms with Crippen LogP contribution in [0.3, 0.4) is 0 Å². The zero-order valence-corrected chi connectivity index (χ0v) is 11.4. The van der Waals surface area contributed by atoms with Crippen LogP contribution in [0, 0.1) is 12.7 Å². The highest BCUT2D eigenvalue weighted by Gasteiger charge is 2.10. The highest BCUT2D eigenvalue weighted by molar-refractivity contribution is 6.31. The number of aromatic nitrogens is 1. The molecule has 0 aliphatic heterocycles. The minimum Gasteiger partial charge on any atom is -0.321 e. The van der Waals surface area contributed by atoms with E-state index in [0.717, 1.165) is 11.6 Å². The van der Waals surface area contributed by atoms with Crippen LogP contribution in [0.2, 0.25) is 10.2 Å². The van der Waals surface area contributed by atoms with E-state index in [1.807, 2.05) is 0 Å². The van der Waals surface area contributed by atoms with E-state index in [1.54, 1.807) is 13.0 Å². The molecule has 3 nitrogen and oxygen atoms in total. The van der Waals surface area contributed by atoms with Gasteiger partial charge in [0.05, 0.1) is 16.9 Å². The third-order valence-electron chi connectivity index (χ3n) is 2.45. The Balaban J connectivity index is 2.20. The fraction of sp³-hybridized carbons (Fsp3) is 0.0769. The first kappa shape index (κ1) is 13.8. The van der Waals surface area contributed by atoms with Gasteiger partial charge in [-0.05, 0) is 36.8 Å². The first-order chi connectivity index (χ1) is 8.97. The van der Waals surface area contributed by atoms with Gasteiger partial charge in [0, 0.05) is 5.56 Å². The molecule has 0 bridgehead atoms. The summed E-state index contributed by atoms with van der Waals surface area (Å²) in [5, 5.41) is 2.95. The molecule has 98 valence electrons. The Hall–Kier alpha value is -1.65. The van der Waals surface area contributed by atoms with Crippen LogP contribution in [-0.4, -0.2) is 10.9 Å². The van der Waals surface area contributed by atoms with Gasteiger partial charge in [-0.15, -0.1) is 0 Å². The van der Waals surface area contributed by atoms with Crippen LogP contribution in [0.25, 0.3) is 0 Å². The van der Waals surface area contributed by atoms with E-state index in [1.165, 1.54) is 18.3 Å². The number of amides is 1. The molecule has 0 spiro atoms. The Bertz CT molecular complexity index is 647. The molecule has 2 rings (SSSR count). The molecule has 19 heavy (non-hydrogen) atoms. The number of carbonyl (C=O) groups excluding carboxylic acids is 1. The molecule has 6 heteroatoms. The molecular weight excluding hydrogens is 290 g/mol. The van der Waals surface area contributed by atoms with Crippen molar-refractivity contribution >= 4 is 34.8 Å². The van der Waals surface area contributed by atoms with E-state index in [9.17, 15) is 9.18 Å². The average Bonchev–Trinajstić information content (AvgIpc) is 2.37. The first-order valence-corrected chi connectivity index (χ1v) is 6.11. The molecule has 0 saturated carbocycles. The lowest BCUT2D eigenvalue weighted by Gasteiger charge is -2.07. The van der Waals surface area contributed by atoms with Crippen molar-refractivity contribution in [3.05, 3.63) is 57.6 Å². The summed E-state index contributed by atoms with van der Waals surface area (Å²) >= 11 is 11.3. The molecule has 0 radical (unpaired) electrons. The lowest BCUT2D eigenvalue weighted by atomic mass is 10.2. The van der Waals surface area contributed by atoms with Crippen molar-refractivity contribution in [1.82, 2.24) is 4.98 Å². The van der Waals surface area contributed by atoms with E-state index in [0.29, 0.717) is 10.8 Å². The average molecular weight is 299 g/mol. The smallest absolute Gasteiger partial charge is 0.255 e. The van der Waals surface area contributed by atoms with E-state index in [2.05, 4.69) is 10.3 Å². The molecule has 0 aliphatic carbocycles. The molecule has 0 fully saturated rings. The lowest BCUT2D eigenvalue weighted by Crippen LogP contribution is -2.12.